The Labute approximate surface area is 99.7 Å². The molecule has 0 unspecified atom stereocenters. The van der Waals surface area contributed by atoms with Crippen LogP contribution in [0.25, 0.3) is 0 Å². The van der Waals surface area contributed by atoms with Crippen molar-refractivity contribution in [2.45, 2.75) is 13.8 Å². The maximum Gasteiger partial charge on any atom is 0.276 e. The van der Waals surface area contributed by atoms with Gasteiger partial charge in [0.1, 0.15) is 0 Å². The molecule has 0 saturated carbocycles. The summed E-state index contributed by atoms with van der Waals surface area (Å²) < 4.78 is 0. The Bertz CT molecular complexity index is 538. The molecule has 17 heavy (non-hydrogen) atoms. The van der Waals surface area contributed by atoms with Crippen molar-refractivity contribution in [3.63, 3.8) is 0 Å². The number of nitrogens with zero attached hydrogens (tertiary/aromatic N) is 2. The maximum atomic E-state index is 11.8. The summed E-state index contributed by atoms with van der Waals surface area (Å²) in [6.45, 7) is 4.04. The summed E-state index contributed by atoms with van der Waals surface area (Å²) >= 11 is 0. The van der Waals surface area contributed by atoms with Crippen molar-refractivity contribution in [3.05, 3.63) is 53.3 Å². The van der Waals surface area contributed by atoms with Gasteiger partial charge in [-0.05, 0) is 49.2 Å². The van der Waals surface area contributed by atoms with Crippen LogP contribution in [0.3, 0.4) is 0 Å². The number of anilines is 1. The number of hydrogen-bond acceptors (Lipinski definition) is 3. The number of rotatable bonds is 2. The number of nitrogens with one attached hydrogen (secondary N) is 1. The van der Waals surface area contributed by atoms with Crippen LogP contribution >= 0.6 is 0 Å². The van der Waals surface area contributed by atoms with Gasteiger partial charge in [-0.15, -0.1) is 5.10 Å². The summed E-state index contributed by atoms with van der Waals surface area (Å²) in [5.74, 6) is -0.249. The van der Waals surface area contributed by atoms with Gasteiger partial charge in [0.15, 0.2) is 5.69 Å². The Hall–Kier alpha value is -2.23. The van der Waals surface area contributed by atoms with E-state index in [9.17, 15) is 4.79 Å². The number of hydrogen-bond donors (Lipinski definition) is 1. The summed E-state index contributed by atoms with van der Waals surface area (Å²) in [4.78, 5) is 11.8. The normalized spacial score (nSPS) is 10.0. The largest absolute Gasteiger partial charge is 0.321 e. The van der Waals surface area contributed by atoms with Gasteiger partial charge >= 0.3 is 0 Å². The molecule has 0 atom stereocenters. The van der Waals surface area contributed by atoms with E-state index in [1.165, 1.54) is 11.8 Å². The van der Waals surface area contributed by atoms with E-state index in [0.717, 1.165) is 11.3 Å². The van der Waals surface area contributed by atoms with E-state index in [4.69, 9.17) is 0 Å². The molecule has 4 nitrogen and oxygen atoms in total. The maximum absolute atomic E-state index is 11.8. The molecule has 1 aromatic carbocycles. The Morgan fingerprint density at radius 1 is 1.18 bits per heavy atom. The lowest BCUT2D eigenvalue weighted by Crippen LogP contribution is -2.14. The highest BCUT2D eigenvalue weighted by Gasteiger charge is 2.07. The molecule has 4 heteroatoms. The highest BCUT2D eigenvalue weighted by molar-refractivity contribution is 6.02. The molecular formula is C13H13N3O. The van der Waals surface area contributed by atoms with Crippen LogP contribution in [0.5, 0.6) is 0 Å². The predicted octanol–water partition coefficient (Wildman–Crippen LogP) is 2.35. The highest BCUT2D eigenvalue weighted by Crippen LogP contribution is 2.14. The second-order valence-corrected chi connectivity index (χ2v) is 3.86. The van der Waals surface area contributed by atoms with Crippen LogP contribution in [0.2, 0.25) is 0 Å². The molecule has 2 aromatic rings. The van der Waals surface area contributed by atoms with Gasteiger partial charge in [-0.1, -0.05) is 6.07 Å². The first kappa shape index (κ1) is 11.3. The van der Waals surface area contributed by atoms with Gasteiger partial charge in [0.2, 0.25) is 0 Å². The van der Waals surface area contributed by atoms with Crippen LogP contribution in [0.4, 0.5) is 5.69 Å². The zero-order chi connectivity index (χ0) is 12.3. The zero-order valence-electron chi connectivity index (χ0n) is 9.77. The Balaban J connectivity index is 2.16. The highest BCUT2D eigenvalue weighted by atomic mass is 16.1. The van der Waals surface area contributed by atoms with Gasteiger partial charge in [-0.2, -0.15) is 5.10 Å². The van der Waals surface area contributed by atoms with Crippen LogP contribution in [-0.2, 0) is 0 Å². The standard InChI is InChI=1S/C13H13N3O/c1-9-5-6-11(8-10(9)2)15-13(17)12-4-3-7-14-16-12/h3-8H,1-2H3,(H,15,17). The fourth-order valence-corrected chi connectivity index (χ4v) is 1.44. The van der Waals surface area contributed by atoms with Crippen LogP contribution in [0.15, 0.2) is 36.5 Å². The number of carbonyl (C=O) groups excluding carboxylic acids is 1. The number of amides is 1. The SMILES string of the molecule is Cc1ccc(NC(=O)c2cccnn2)cc1C. The minimum absolute atomic E-state index is 0.249. The second kappa shape index (κ2) is 4.74. The fraction of sp³-hybridized carbons (Fsp3) is 0.154. The van der Waals surface area contributed by atoms with E-state index < -0.39 is 0 Å². The lowest BCUT2D eigenvalue weighted by Gasteiger charge is -2.06. The molecule has 2 rings (SSSR count). The molecule has 1 amide bonds. The number of benzene rings is 1. The minimum atomic E-state index is -0.249. The third-order valence-electron chi connectivity index (χ3n) is 2.57. The first-order valence-corrected chi connectivity index (χ1v) is 5.33. The molecule has 1 heterocycles. The van der Waals surface area contributed by atoms with Crippen molar-refractivity contribution in [2.24, 2.45) is 0 Å². The first-order valence-electron chi connectivity index (χ1n) is 5.33. The quantitative estimate of drug-likeness (QED) is 0.856. The van der Waals surface area contributed by atoms with Crippen molar-refractivity contribution in [1.82, 2.24) is 10.2 Å². The molecule has 0 aliphatic heterocycles. The summed E-state index contributed by atoms with van der Waals surface area (Å²) in [6.07, 6.45) is 1.53. The van der Waals surface area contributed by atoms with Crippen LogP contribution in [0, 0.1) is 13.8 Å². The Kier molecular flexibility index (Phi) is 3.14. The van der Waals surface area contributed by atoms with E-state index in [-0.39, 0.29) is 5.91 Å². The first-order chi connectivity index (χ1) is 8.16. The number of aromatic nitrogens is 2. The van der Waals surface area contributed by atoms with Gasteiger partial charge in [0.25, 0.3) is 5.91 Å². The van der Waals surface area contributed by atoms with Gasteiger partial charge in [0, 0.05) is 11.9 Å². The second-order valence-electron chi connectivity index (χ2n) is 3.86. The molecule has 1 aromatic heterocycles. The van der Waals surface area contributed by atoms with Crippen molar-refractivity contribution < 1.29 is 4.79 Å². The molecular weight excluding hydrogens is 214 g/mol. The van der Waals surface area contributed by atoms with Gasteiger partial charge in [-0.3, -0.25) is 4.79 Å². The van der Waals surface area contributed by atoms with Gasteiger partial charge in [-0.25, -0.2) is 0 Å². The summed E-state index contributed by atoms with van der Waals surface area (Å²) in [6, 6.07) is 9.09. The van der Waals surface area contributed by atoms with E-state index in [2.05, 4.69) is 15.5 Å². The monoisotopic (exact) mass is 227 g/mol. The van der Waals surface area contributed by atoms with Crippen molar-refractivity contribution in [2.75, 3.05) is 5.32 Å². The predicted molar refractivity (Wildman–Crippen MR) is 65.9 cm³/mol. The zero-order valence-corrected chi connectivity index (χ0v) is 9.77. The lowest BCUT2D eigenvalue weighted by atomic mass is 10.1. The molecule has 0 radical (unpaired) electrons. The smallest absolute Gasteiger partial charge is 0.276 e. The molecule has 1 N–H and O–H groups in total. The third kappa shape index (κ3) is 2.66. The van der Waals surface area contributed by atoms with Crippen LogP contribution in [-0.4, -0.2) is 16.1 Å². The average molecular weight is 227 g/mol. The van der Waals surface area contributed by atoms with E-state index in [1.807, 2.05) is 32.0 Å². The third-order valence-corrected chi connectivity index (χ3v) is 2.57. The van der Waals surface area contributed by atoms with Crippen molar-refractivity contribution in [1.29, 1.82) is 0 Å². The topological polar surface area (TPSA) is 54.9 Å². The lowest BCUT2D eigenvalue weighted by molar-refractivity contribution is 0.102. The molecule has 0 spiro atoms. The van der Waals surface area contributed by atoms with E-state index in [1.54, 1.807) is 12.1 Å². The Morgan fingerprint density at radius 3 is 2.65 bits per heavy atom. The molecule has 0 fully saturated rings. The summed E-state index contributed by atoms with van der Waals surface area (Å²) in [7, 11) is 0. The van der Waals surface area contributed by atoms with E-state index >= 15 is 0 Å². The minimum Gasteiger partial charge on any atom is -0.321 e. The molecule has 0 bridgehead atoms. The average Bonchev–Trinajstić information content (AvgIpc) is 2.35. The molecule has 86 valence electrons. The Morgan fingerprint density at radius 2 is 2.00 bits per heavy atom. The molecule has 0 aliphatic carbocycles. The van der Waals surface area contributed by atoms with Gasteiger partial charge < -0.3 is 5.32 Å². The molecule has 0 aliphatic rings. The summed E-state index contributed by atoms with van der Waals surface area (Å²) in [5.41, 5.74) is 3.42. The van der Waals surface area contributed by atoms with Crippen LogP contribution < -0.4 is 5.32 Å². The van der Waals surface area contributed by atoms with Crippen LogP contribution in [0.1, 0.15) is 21.6 Å². The van der Waals surface area contributed by atoms with Crippen molar-refractivity contribution in [3.8, 4) is 0 Å². The van der Waals surface area contributed by atoms with Gasteiger partial charge in [0.05, 0.1) is 0 Å². The summed E-state index contributed by atoms with van der Waals surface area (Å²) in [5, 5.41) is 10.2. The number of carbonyl (C=O) groups is 1. The number of aryl methyl sites for hydroxylation is 2. The molecule has 0 saturated heterocycles. The van der Waals surface area contributed by atoms with Crippen molar-refractivity contribution >= 4 is 11.6 Å². The van der Waals surface area contributed by atoms with E-state index in [0.29, 0.717) is 5.69 Å². The fourth-order valence-electron chi connectivity index (χ4n) is 1.44.